The van der Waals surface area contributed by atoms with Crippen molar-refractivity contribution in [1.29, 1.82) is 0 Å². The molecular weight excluding hydrogens is 342 g/mol. The average Bonchev–Trinajstić information content (AvgIpc) is 2.69. The Balaban J connectivity index is 1.62. The molecule has 0 aliphatic carbocycles. The highest BCUT2D eigenvalue weighted by Crippen LogP contribution is 2.30. The number of para-hydroxylation sites is 2. The van der Waals surface area contributed by atoms with Crippen molar-refractivity contribution in [2.75, 3.05) is 42.6 Å². The van der Waals surface area contributed by atoms with E-state index < -0.39 is 0 Å². The summed E-state index contributed by atoms with van der Waals surface area (Å²) in [6.07, 6.45) is 3.67. The van der Waals surface area contributed by atoms with Gasteiger partial charge in [-0.25, -0.2) is 0 Å². The van der Waals surface area contributed by atoms with E-state index in [1.807, 2.05) is 56.6 Å². The summed E-state index contributed by atoms with van der Waals surface area (Å²) in [7, 11) is 0. The predicted molar refractivity (Wildman–Crippen MR) is 106 cm³/mol. The molecule has 1 atom stereocenters. The van der Waals surface area contributed by atoms with E-state index in [2.05, 4.69) is 20.9 Å². The van der Waals surface area contributed by atoms with E-state index in [4.69, 9.17) is 9.47 Å². The van der Waals surface area contributed by atoms with Crippen molar-refractivity contribution in [2.24, 2.45) is 0 Å². The highest BCUT2D eigenvalue weighted by molar-refractivity contribution is 5.70. The van der Waals surface area contributed by atoms with Crippen molar-refractivity contribution in [1.82, 2.24) is 4.98 Å². The van der Waals surface area contributed by atoms with E-state index in [0.29, 0.717) is 6.61 Å². The van der Waals surface area contributed by atoms with E-state index >= 15 is 0 Å². The largest absolute Gasteiger partial charge is 0.488 e. The molecule has 2 aromatic rings. The molecule has 0 saturated carbocycles. The van der Waals surface area contributed by atoms with Crippen LogP contribution in [-0.4, -0.2) is 49.8 Å². The first-order valence-corrected chi connectivity index (χ1v) is 9.48. The molecule has 1 aromatic carbocycles. The monoisotopic (exact) mass is 369 g/mol. The van der Waals surface area contributed by atoms with Crippen LogP contribution in [0.25, 0.3) is 0 Å². The molecule has 6 nitrogen and oxygen atoms in total. The van der Waals surface area contributed by atoms with Gasteiger partial charge in [-0.05, 0) is 38.1 Å². The number of carbonyl (C=O) groups excluding carboxylic acids is 1. The maximum Gasteiger partial charge on any atom is 0.309 e. The van der Waals surface area contributed by atoms with Gasteiger partial charge in [0.15, 0.2) is 0 Å². The quantitative estimate of drug-likeness (QED) is 0.699. The summed E-state index contributed by atoms with van der Waals surface area (Å²) in [4.78, 5) is 20.5. The van der Waals surface area contributed by atoms with Gasteiger partial charge >= 0.3 is 5.97 Å². The van der Waals surface area contributed by atoms with Gasteiger partial charge in [-0.15, -0.1) is 0 Å². The van der Waals surface area contributed by atoms with E-state index in [1.54, 1.807) is 0 Å². The number of hydrogen-bond donors (Lipinski definition) is 0. The molecule has 6 heteroatoms. The molecule has 1 aromatic heterocycles. The lowest BCUT2D eigenvalue weighted by Gasteiger charge is -2.38. The van der Waals surface area contributed by atoms with Gasteiger partial charge in [0.25, 0.3) is 0 Å². The highest BCUT2D eigenvalue weighted by atomic mass is 16.5. The SMILES string of the molecule is CCOC(=O)CC(C)Oc1ccccc1N1CCN(c2ccncc2)CC1. The van der Waals surface area contributed by atoms with Gasteiger partial charge in [0, 0.05) is 44.3 Å². The number of ether oxygens (including phenoxy) is 2. The summed E-state index contributed by atoms with van der Waals surface area (Å²) in [6, 6.07) is 12.1. The van der Waals surface area contributed by atoms with Crippen LogP contribution in [0.4, 0.5) is 11.4 Å². The molecule has 0 spiro atoms. The van der Waals surface area contributed by atoms with Gasteiger partial charge in [0.2, 0.25) is 0 Å². The lowest BCUT2D eigenvalue weighted by atomic mass is 10.2. The van der Waals surface area contributed by atoms with E-state index in [-0.39, 0.29) is 18.5 Å². The summed E-state index contributed by atoms with van der Waals surface area (Å²) in [5.41, 5.74) is 2.28. The summed E-state index contributed by atoms with van der Waals surface area (Å²) in [6.45, 7) is 7.81. The number of rotatable bonds is 7. The number of nitrogens with zero attached hydrogens (tertiary/aromatic N) is 3. The third kappa shape index (κ3) is 5.12. The lowest BCUT2D eigenvalue weighted by molar-refractivity contribution is -0.144. The maximum absolute atomic E-state index is 11.7. The first kappa shape index (κ1) is 19.0. The number of benzene rings is 1. The Morgan fingerprint density at radius 2 is 1.74 bits per heavy atom. The van der Waals surface area contributed by atoms with Crippen LogP contribution in [0.1, 0.15) is 20.3 Å². The molecule has 1 aliphatic heterocycles. The molecule has 2 heterocycles. The summed E-state index contributed by atoms with van der Waals surface area (Å²) < 4.78 is 11.1. The molecule has 1 aliphatic rings. The van der Waals surface area contributed by atoms with E-state index in [9.17, 15) is 4.79 Å². The second kappa shape index (κ2) is 9.26. The summed E-state index contributed by atoms with van der Waals surface area (Å²) >= 11 is 0. The van der Waals surface area contributed by atoms with Crippen LogP contribution in [0.2, 0.25) is 0 Å². The van der Waals surface area contributed by atoms with Crippen LogP contribution in [-0.2, 0) is 9.53 Å². The van der Waals surface area contributed by atoms with Gasteiger partial charge in [-0.3, -0.25) is 9.78 Å². The van der Waals surface area contributed by atoms with E-state index in [1.165, 1.54) is 5.69 Å². The molecule has 0 bridgehead atoms. The van der Waals surface area contributed by atoms with Crippen molar-refractivity contribution < 1.29 is 14.3 Å². The fourth-order valence-electron chi connectivity index (χ4n) is 3.29. The molecule has 1 saturated heterocycles. The smallest absolute Gasteiger partial charge is 0.309 e. The van der Waals surface area contributed by atoms with Crippen LogP contribution in [0, 0.1) is 0 Å². The second-order valence-corrected chi connectivity index (χ2v) is 6.58. The zero-order valence-corrected chi connectivity index (χ0v) is 16.0. The lowest BCUT2D eigenvalue weighted by Crippen LogP contribution is -2.46. The Hall–Kier alpha value is -2.76. The fraction of sp³-hybridized carbons (Fsp3) is 0.429. The van der Waals surface area contributed by atoms with Gasteiger partial charge in [-0.1, -0.05) is 12.1 Å². The van der Waals surface area contributed by atoms with Crippen LogP contribution < -0.4 is 14.5 Å². The zero-order valence-electron chi connectivity index (χ0n) is 16.0. The topological polar surface area (TPSA) is 54.9 Å². The molecule has 0 amide bonds. The Morgan fingerprint density at radius 1 is 1.07 bits per heavy atom. The predicted octanol–water partition coefficient (Wildman–Crippen LogP) is 3.13. The minimum atomic E-state index is -0.233. The van der Waals surface area contributed by atoms with Crippen molar-refractivity contribution >= 4 is 17.3 Å². The molecule has 1 fully saturated rings. The third-order valence-corrected chi connectivity index (χ3v) is 4.60. The summed E-state index contributed by atoms with van der Waals surface area (Å²) in [5.74, 6) is 0.583. The number of aromatic nitrogens is 1. The molecule has 0 N–H and O–H groups in total. The molecule has 27 heavy (non-hydrogen) atoms. The van der Waals surface area contributed by atoms with Gasteiger partial charge < -0.3 is 19.3 Å². The van der Waals surface area contributed by atoms with Crippen LogP contribution >= 0.6 is 0 Å². The van der Waals surface area contributed by atoms with Gasteiger partial charge in [0.1, 0.15) is 11.9 Å². The van der Waals surface area contributed by atoms with Gasteiger partial charge in [0.05, 0.1) is 18.7 Å². The number of piperazine rings is 1. The molecule has 1 unspecified atom stereocenters. The Bertz CT molecular complexity index is 730. The number of pyridine rings is 1. The molecular formula is C21H27N3O3. The van der Waals surface area contributed by atoms with Crippen molar-refractivity contribution in [3.05, 3.63) is 48.8 Å². The van der Waals surface area contributed by atoms with Crippen molar-refractivity contribution in [2.45, 2.75) is 26.4 Å². The second-order valence-electron chi connectivity index (χ2n) is 6.58. The minimum Gasteiger partial charge on any atom is -0.488 e. The number of carbonyl (C=O) groups is 1. The Morgan fingerprint density at radius 3 is 2.44 bits per heavy atom. The van der Waals surface area contributed by atoms with Crippen molar-refractivity contribution in [3.8, 4) is 5.75 Å². The minimum absolute atomic E-state index is 0.228. The number of esters is 1. The van der Waals surface area contributed by atoms with Crippen LogP contribution in [0.15, 0.2) is 48.8 Å². The first-order valence-electron chi connectivity index (χ1n) is 9.48. The maximum atomic E-state index is 11.7. The number of hydrogen-bond acceptors (Lipinski definition) is 6. The molecule has 144 valence electrons. The van der Waals surface area contributed by atoms with Crippen molar-refractivity contribution in [3.63, 3.8) is 0 Å². The zero-order chi connectivity index (χ0) is 19.1. The van der Waals surface area contributed by atoms with Crippen LogP contribution in [0.5, 0.6) is 5.75 Å². The normalized spacial score (nSPS) is 15.3. The third-order valence-electron chi connectivity index (χ3n) is 4.60. The molecule has 3 rings (SSSR count). The fourth-order valence-corrected chi connectivity index (χ4v) is 3.29. The molecule has 0 radical (unpaired) electrons. The highest BCUT2D eigenvalue weighted by Gasteiger charge is 2.21. The summed E-state index contributed by atoms with van der Waals surface area (Å²) in [5, 5.41) is 0. The Labute approximate surface area is 160 Å². The van der Waals surface area contributed by atoms with Crippen LogP contribution in [0.3, 0.4) is 0 Å². The standard InChI is InChI=1S/C21H27N3O3/c1-3-26-21(25)16-17(2)27-20-7-5-4-6-19(20)24-14-12-23(13-15-24)18-8-10-22-11-9-18/h4-11,17H,3,12-16H2,1-2H3. The van der Waals surface area contributed by atoms with Gasteiger partial charge in [-0.2, -0.15) is 0 Å². The van der Waals surface area contributed by atoms with E-state index in [0.717, 1.165) is 37.6 Å². The Kier molecular flexibility index (Phi) is 6.52. The average molecular weight is 369 g/mol. The number of anilines is 2. The first-order chi connectivity index (χ1) is 13.2.